The largest absolute Gasteiger partial charge is 0.496 e. The molecule has 0 aliphatic heterocycles. The molecule has 0 radical (unpaired) electrons. The van der Waals surface area contributed by atoms with Crippen molar-refractivity contribution >= 4 is 5.91 Å². The molecule has 2 bridgehead atoms. The van der Waals surface area contributed by atoms with E-state index in [1.54, 1.807) is 32.4 Å². The molecule has 6 nitrogen and oxygen atoms in total. The smallest absolute Gasteiger partial charge is 0.225 e. The normalized spacial score (nSPS) is 27.8. The number of carbonyl (C=O) groups is 1. The molecule has 0 spiro atoms. The van der Waals surface area contributed by atoms with Crippen molar-refractivity contribution in [2.45, 2.75) is 25.3 Å². The van der Waals surface area contributed by atoms with Crippen LogP contribution in [0.15, 0.2) is 18.2 Å². The lowest BCUT2D eigenvalue weighted by molar-refractivity contribution is -0.127. The van der Waals surface area contributed by atoms with Gasteiger partial charge in [0, 0.05) is 24.2 Å². The molecule has 2 aliphatic rings. The third kappa shape index (κ3) is 3.43. The Kier molecular flexibility index (Phi) is 5.14. The summed E-state index contributed by atoms with van der Waals surface area (Å²) in [6.45, 7) is 0.844. The van der Waals surface area contributed by atoms with E-state index in [1.807, 2.05) is 0 Å². The summed E-state index contributed by atoms with van der Waals surface area (Å²) in [7, 11) is 3.19. The predicted molar refractivity (Wildman–Crippen MR) is 90.3 cm³/mol. The monoisotopic (exact) mass is 334 g/mol. The Labute approximate surface area is 142 Å². The van der Waals surface area contributed by atoms with Gasteiger partial charge in [0.1, 0.15) is 23.9 Å². The summed E-state index contributed by atoms with van der Waals surface area (Å²) in [4.78, 5) is 12.4. The lowest BCUT2D eigenvalue weighted by Crippen LogP contribution is -2.46. The zero-order valence-electron chi connectivity index (χ0n) is 14.3. The molecule has 3 N–H and O–H groups in total. The van der Waals surface area contributed by atoms with Crippen molar-refractivity contribution in [3.05, 3.63) is 18.2 Å². The highest BCUT2D eigenvalue weighted by molar-refractivity contribution is 5.80. The van der Waals surface area contributed by atoms with Crippen molar-refractivity contribution in [1.82, 2.24) is 5.32 Å². The molecule has 1 aromatic carbocycles. The summed E-state index contributed by atoms with van der Waals surface area (Å²) < 4.78 is 16.1. The van der Waals surface area contributed by atoms with Crippen LogP contribution in [0, 0.1) is 17.8 Å². The molecule has 0 saturated heterocycles. The highest BCUT2D eigenvalue weighted by Gasteiger charge is 2.48. The van der Waals surface area contributed by atoms with Crippen LogP contribution in [0.3, 0.4) is 0 Å². The van der Waals surface area contributed by atoms with Crippen LogP contribution in [0.5, 0.6) is 17.2 Å². The number of ether oxygens (including phenoxy) is 3. The molecule has 2 fully saturated rings. The van der Waals surface area contributed by atoms with Crippen molar-refractivity contribution < 1.29 is 19.0 Å². The summed E-state index contributed by atoms with van der Waals surface area (Å²) in [5.74, 6) is 3.03. The van der Waals surface area contributed by atoms with Crippen molar-refractivity contribution in [1.29, 1.82) is 0 Å². The zero-order chi connectivity index (χ0) is 17.1. The van der Waals surface area contributed by atoms with Crippen LogP contribution in [-0.2, 0) is 4.79 Å². The lowest BCUT2D eigenvalue weighted by atomic mass is 9.84. The maximum atomic E-state index is 12.4. The van der Waals surface area contributed by atoms with E-state index in [9.17, 15) is 4.79 Å². The Hall–Kier alpha value is -1.95. The predicted octanol–water partition coefficient (Wildman–Crippen LogP) is 1.57. The Bertz CT molecular complexity index is 568. The van der Waals surface area contributed by atoms with Gasteiger partial charge in [0.05, 0.1) is 26.7 Å². The Morgan fingerprint density at radius 2 is 1.75 bits per heavy atom. The van der Waals surface area contributed by atoms with Crippen LogP contribution < -0.4 is 25.3 Å². The van der Waals surface area contributed by atoms with Gasteiger partial charge in [0.25, 0.3) is 0 Å². The zero-order valence-corrected chi connectivity index (χ0v) is 14.3. The molecule has 132 valence electrons. The molecule has 1 amide bonds. The van der Waals surface area contributed by atoms with Crippen LogP contribution in [0.25, 0.3) is 0 Å². The second-order valence-corrected chi connectivity index (χ2v) is 6.62. The number of nitrogens with two attached hydrogens (primary N) is 1. The third-order valence-electron chi connectivity index (χ3n) is 5.28. The summed E-state index contributed by atoms with van der Waals surface area (Å²) in [6, 6.07) is 5.38. The van der Waals surface area contributed by atoms with Crippen molar-refractivity contribution in [3.8, 4) is 17.2 Å². The second kappa shape index (κ2) is 7.30. The molecule has 2 aliphatic carbocycles. The number of hydrogen-bond acceptors (Lipinski definition) is 5. The van der Waals surface area contributed by atoms with Crippen molar-refractivity contribution in [2.24, 2.45) is 23.5 Å². The second-order valence-electron chi connectivity index (χ2n) is 6.62. The van der Waals surface area contributed by atoms with Gasteiger partial charge in [-0.1, -0.05) is 0 Å². The van der Waals surface area contributed by atoms with E-state index in [4.69, 9.17) is 19.9 Å². The molecule has 3 rings (SSSR count). The molecule has 1 aromatic rings. The highest BCUT2D eigenvalue weighted by Crippen LogP contribution is 2.47. The summed E-state index contributed by atoms with van der Waals surface area (Å²) >= 11 is 0. The molecule has 24 heavy (non-hydrogen) atoms. The van der Waals surface area contributed by atoms with Gasteiger partial charge in [0.15, 0.2) is 0 Å². The van der Waals surface area contributed by atoms with Gasteiger partial charge >= 0.3 is 0 Å². The number of amides is 1. The van der Waals surface area contributed by atoms with Crippen molar-refractivity contribution in [3.63, 3.8) is 0 Å². The van der Waals surface area contributed by atoms with Crippen molar-refractivity contribution in [2.75, 3.05) is 27.4 Å². The molecule has 4 unspecified atom stereocenters. The summed E-state index contributed by atoms with van der Waals surface area (Å²) in [5, 5.41) is 2.96. The van der Waals surface area contributed by atoms with Crippen LogP contribution in [0.1, 0.15) is 19.3 Å². The van der Waals surface area contributed by atoms with E-state index < -0.39 is 0 Å². The minimum atomic E-state index is -0.0272. The van der Waals surface area contributed by atoms with Gasteiger partial charge < -0.3 is 25.3 Å². The number of fused-ring (bicyclic) bond motifs is 2. The third-order valence-corrected chi connectivity index (χ3v) is 5.28. The number of carbonyl (C=O) groups excluding carboxylic acids is 1. The maximum absolute atomic E-state index is 12.4. The van der Waals surface area contributed by atoms with E-state index in [1.165, 1.54) is 6.42 Å². The number of methoxy groups -OCH3 is 2. The first kappa shape index (κ1) is 16.9. The topological polar surface area (TPSA) is 82.8 Å². The van der Waals surface area contributed by atoms with Crippen LogP contribution in [-0.4, -0.2) is 39.3 Å². The number of benzene rings is 1. The van der Waals surface area contributed by atoms with Gasteiger partial charge in [-0.2, -0.15) is 0 Å². The van der Waals surface area contributed by atoms with E-state index in [-0.39, 0.29) is 17.9 Å². The van der Waals surface area contributed by atoms with Gasteiger partial charge in [-0.05, 0) is 31.1 Å². The molecular weight excluding hydrogens is 308 g/mol. The van der Waals surface area contributed by atoms with Gasteiger partial charge in [-0.25, -0.2) is 0 Å². The maximum Gasteiger partial charge on any atom is 0.225 e. The summed E-state index contributed by atoms with van der Waals surface area (Å²) in [6.07, 6.45) is 3.42. The molecule has 6 heteroatoms. The van der Waals surface area contributed by atoms with Crippen LogP contribution in [0.4, 0.5) is 0 Å². The van der Waals surface area contributed by atoms with E-state index >= 15 is 0 Å². The SMILES string of the molecule is COc1cc(OC)cc(OCCNC(=O)C2C3CCC(C3)C2N)c1. The first-order valence-electron chi connectivity index (χ1n) is 8.51. The Morgan fingerprint density at radius 3 is 2.33 bits per heavy atom. The number of rotatable bonds is 7. The molecule has 2 saturated carbocycles. The fraction of sp³-hybridized carbons (Fsp3) is 0.611. The minimum absolute atomic E-state index is 0.0207. The minimum Gasteiger partial charge on any atom is -0.496 e. The quantitative estimate of drug-likeness (QED) is 0.740. The van der Waals surface area contributed by atoms with E-state index in [0.717, 1.165) is 12.8 Å². The molecule has 4 atom stereocenters. The fourth-order valence-electron chi connectivity index (χ4n) is 4.05. The van der Waals surface area contributed by atoms with E-state index in [2.05, 4.69) is 5.32 Å². The van der Waals surface area contributed by atoms with Gasteiger partial charge in [0.2, 0.25) is 5.91 Å². The lowest BCUT2D eigenvalue weighted by Gasteiger charge is -2.27. The standard InChI is InChI=1S/C18H26N2O4/c1-22-13-8-14(23-2)10-15(9-13)24-6-5-20-18(21)16-11-3-4-12(7-11)17(16)19/h8-12,16-17H,3-7,19H2,1-2H3,(H,20,21). The number of hydrogen-bond donors (Lipinski definition) is 2. The fourth-order valence-corrected chi connectivity index (χ4v) is 4.05. The molecule has 0 heterocycles. The average Bonchev–Trinajstić information content (AvgIpc) is 3.19. The first-order chi connectivity index (χ1) is 11.6. The van der Waals surface area contributed by atoms with Crippen LogP contribution in [0.2, 0.25) is 0 Å². The molecular formula is C18H26N2O4. The van der Waals surface area contributed by atoms with E-state index in [0.29, 0.717) is 42.2 Å². The average molecular weight is 334 g/mol. The number of nitrogens with one attached hydrogen (secondary N) is 1. The Balaban J connectivity index is 1.46. The van der Waals surface area contributed by atoms with Crippen LogP contribution >= 0.6 is 0 Å². The highest BCUT2D eigenvalue weighted by atomic mass is 16.5. The molecule has 0 aromatic heterocycles. The van der Waals surface area contributed by atoms with Gasteiger partial charge in [-0.3, -0.25) is 4.79 Å². The summed E-state index contributed by atoms with van der Waals surface area (Å²) in [5.41, 5.74) is 6.20. The Morgan fingerprint density at radius 1 is 1.12 bits per heavy atom. The first-order valence-corrected chi connectivity index (χ1v) is 8.51. The van der Waals surface area contributed by atoms with Gasteiger partial charge in [-0.15, -0.1) is 0 Å².